The van der Waals surface area contributed by atoms with Crippen LogP contribution in [0.4, 0.5) is 0 Å². The van der Waals surface area contributed by atoms with Gasteiger partial charge in [-0.3, -0.25) is 9.69 Å². The fourth-order valence-corrected chi connectivity index (χ4v) is 4.06. The Labute approximate surface area is 127 Å². The molecule has 1 aliphatic heterocycles. The SMILES string of the molecule is O=C(O)C(CCc1ccccc1)N1CC2(CCCCC2)C1. The molecule has 0 radical (unpaired) electrons. The van der Waals surface area contributed by atoms with Crippen molar-refractivity contribution in [2.45, 2.75) is 51.0 Å². The minimum Gasteiger partial charge on any atom is -0.480 e. The zero-order chi connectivity index (χ0) is 14.7. The summed E-state index contributed by atoms with van der Waals surface area (Å²) >= 11 is 0. The fourth-order valence-electron chi connectivity index (χ4n) is 4.06. The van der Waals surface area contributed by atoms with Gasteiger partial charge in [0.15, 0.2) is 0 Å². The third-order valence-corrected chi connectivity index (χ3v) is 5.27. The number of carboxylic acids is 1. The van der Waals surface area contributed by atoms with Gasteiger partial charge >= 0.3 is 5.97 Å². The second-order valence-corrected chi connectivity index (χ2v) is 6.84. The number of aryl methyl sites for hydroxylation is 1. The maximum Gasteiger partial charge on any atom is 0.320 e. The van der Waals surface area contributed by atoms with Crippen molar-refractivity contribution in [2.75, 3.05) is 13.1 Å². The van der Waals surface area contributed by atoms with Crippen LogP contribution in [0.5, 0.6) is 0 Å². The van der Waals surface area contributed by atoms with Crippen molar-refractivity contribution in [3.8, 4) is 0 Å². The number of hydrogen-bond donors (Lipinski definition) is 1. The van der Waals surface area contributed by atoms with Gasteiger partial charge in [-0.2, -0.15) is 0 Å². The van der Waals surface area contributed by atoms with Crippen LogP contribution in [0.25, 0.3) is 0 Å². The van der Waals surface area contributed by atoms with Gasteiger partial charge in [0.1, 0.15) is 6.04 Å². The number of hydrogen-bond acceptors (Lipinski definition) is 2. The summed E-state index contributed by atoms with van der Waals surface area (Å²) in [5.74, 6) is -0.656. The summed E-state index contributed by atoms with van der Waals surface area (Å²) in [6, 6.07) is 9.89. The molecule has 3 heteroatoms. The molecule has 1 atom stereocenters. The highest BCUT2D eigenvalue weighted by molar-refractivity contribution is 5.73. The van der Waals surface area contributed by atoms with Gasteiger partial charge in [-0.15, -0.1) is 0 Å². The number of carboxylic acid groups (broad SMARTS) is 1. The Bertz CT molecular complexity index is 471. The van der Waals surface area contributed by atoms with Crippen LogP contribution in [0.2, 0.25) is 0 Å². The minimum absolute atomic E-state index is 0.308. The molecular weight excluding hydrogens is 262 g/mol. The fraction of sp³-hybridized carbons (Fsp3) is 0.611. The minimum atomic E-state index is -0.656. The van der Waals surface area contributed by atoms with Crippen LogP contribution >= 0.6 is 0 Å². The van der Waals surface area contributed by atoms with E-state index >= 15 is 0 Å². The van der Waals surface area contributed by atoms with E-state index in [4.69, 9.17) is 0 Å². The first-order valence-corrected chi connectivity index (χ1v) is 8.19. The number of rotatable bonds is 5. The number of aliphatic carboxylic acids is 1. The topological polar surface area (TPSA) is 40.5 Å². The molecule has 1 heterocycles. The smallest absolute Gasteiger partial charge is 0.320 e. The quantitative estimate of drug-likeness (QED) is 0.903. The van der Waals surface area contributed by atoms with E-state index in [1.165, 1.54) is 37.7 Å². The first-order valence-electron chi connectivity index (χ1n) is 8.19. The average Bonchev–Trinajstić information content (AvgIpc) is 2.47. The summed E-state index contributed by atoms with van der Waals surface area (Å²) in [6.45, 7) is 2.00. The Hall–Kier alpha value is -1.35. The van der Waals surface area contributed by atoms with E-state index < -0.39 is 5.97 Å². The largest absolute Gasteiger partial charge is 0.480 e. The summed E-state index contributed by atoms with van der Waals surface area (Å²) < 4.78 is 0. The molecular formula is C18H25NO2. The molecule has 3 rings (SSSR count). The first-order chi connectivity index (χ1) is 10.2. The van der Waals surface area contributed by atoms with Crippen LogP contribution in [0.3, 0.4) is 0 Å². The molecule has 1 spiro atoms. The zero-order valence-electron chi connectivity index (χ0n) is 12.6. The lowest BCUT2D eigenvalue weighted by molar-refractivity contribution is -0.151. The van der Waals surface area contributed by atoms with Crippen LogP contribution < -0.4 is 0 Å². The highest BCUT2D eigenvalue weighted by atomic mass is 16.4. The Balaban J connectivity index is 1.55. The van der Waals surface area contributed by atoms with Gasteiger partial charge in [0.05, 0.1) is 0 Å². The molecule has 1 saturated carbocycles. The van der Waals surface area contributed by atoms with Gasteiger partial charge < -0.3 is 5.11 Å². The Morgan fingerprint density at radius 3 is 2.43 bits per heavy atom. The molecule has 0 aromatic heterocycles. The Morgan fingerprint density at radius 1 is 1.14 bits per heavy atom. The molecule has 1 N–H and O–H groups in total. The lowest BCUT2D eigenvalue weighted by atomic mass is 9.68. The Kier molecular flexibility index (Phi) is 4.29. The van der Waals surface area contributed by atoms with Gasteiger partial charge in [-0.1, -0.05) is 49.6 Å². The van der Waals surface area contributed by atoms with Crippen LogP contribution in [-0.2, 0) is 11.2 Å². The van der Waals surface area contributed by atoms with Crippen molar-refractivity contribution >= 4 is 5.97 Å². The molecule has 1 saturated heterocycles. The average molecular weight is 287 g/mol. The van der Waals surface area contributed by atoms with Crippen LogP contribution in [0.1, 0.15) is 44.1 Å². The van der Waals surface area contributed by atoms with E-state index in [9.17, 15) is 9.90 Å². The van der Waals surface area contributed by atoms with Gasteiger partial charge in [-0.05, 0) is 36.7 Å². The number of carbonyl (C=O) groups is 1. The van der Waals surface area contributed by atoms with Crippen LogP contribution in [0, 0.1) is 5.41 Å². The number of benzene rings is 1. The lowest BCUT2D eigenvalue weighted by Crippen LogP contribution is -2.62. The molecule has 2 fully saturated rings. The van der Waals surface area contributed by atoms with Crippen molar-refractivity contribution < 1.29 is 9.90 Å². The summed E-state index contributed by atoms with van der Waals surface area (Å²) in [4.78, 5) is 13.8. The van der Waals surface area contributed by atoms with E-state index in [0.717, 1.165) is 25.9 Å². The second kappa shape index (κ2) is 6.18. The standard InChI is InChI=1S/C18H25NO2/c20-17(21)16(10-9-15-7-3-1-4-8-15)19-13-18(14-19)11-5-2-6-12-18/h1,3-4,7-8,16H,2,5-6,9-14H2,(H,20,21). The summed E-state index contributed by atoms with van der Waals surface area (Å²) in [6.07, 6.45) is 8.18. The van der Waals surface area contributed by atoms with Crippen molar-refractivity contribution in [1.29, 1.82) is 0 Å². The second-order valence-electron chi connectivity index (χ2n) is 6.84. The predicted molar refractivity (Wildman–Crippen MR) is 83.3 cm³/mol. The van der Waals surface area contributed by atoms with Crippen molar-refractivity contribution in [3.05, 3.63) is 35.9 Å². The third-order valence-electron chi connectivity index (χ3n) is 5.27. The molecule has 114 valence electrons. The molecule has 1 aromatic carbocycles. The van der Waals surface area contributed by atoms with E-state index in [1.807, 2.05) is 18.2 Å². The molecule has 1 aromatic rings. The molecule has 1 unspecified atom stereocenters. The van der Waals surface area contributed by atoms with E-state index in [-0.39, 0.29) is 6.04 Å². The van der Waals surface area contributed by atoms with Crippen molar-refractivity contribution in [3.63, 3.8) is 0 Å². The first kappa shape index (κ1) is 14.6. The van der Waals surface area contributed by atoms with E-state index in [2.05, 4.69) is 17.0 Å². The predicted octanol–water partition coefficient (Wildman–Crippen LogP) is 3.34. The van der Waals surface area contributed by atoms with Crippen LogP contribution in [-0.4, -0.2) is 35.1 Å². The zero-order valence-corrected chi connectivity index (χ0v) is 12.6. The van der Waals surface area contributed by atoms with Gasteiger partial charge in [-0.25, -0.2) is 0 Å². The molecule has 0 bridgehead atoms. The van der Waals surface area contributed by atoms with Crippen molar-refractivity contribution in [1.82, 2.24) is 4.90 Å². The highest BCUT2D eigenvalue weighted by Crippen LogP contribution is 2.44. The summed E-state index contributed by atoms with van der Waals surface area (Å²) in [7, 11) is 0. The number of nitrogens with zero attached hydrogens (tertiary/aromatic N) is 1. The lowest BCUT2D eigenvalue weighted by Gasteiger charge is -2.54. The Morgan fingerprint density at radius 2 is 1.81 bits per heavy atom. The van der Waals surface area contributed by atoms with Crippen molar-refractivity contribution in [2.24, 2.45) is 5.41 Å². The molecule has 0 amide bonds. The monoisotopic (exact) mass is 287 g/mol. The van der Waals surface area contributed by atoms with Crippen LogP contribution in [0.15, 0.2) is 30.3 Å². The maximum absolute atomic E-state index is 11.6. The van der Waals surface area contributed by atoms with E-state index in [0.29, 0.717) is 5.41 Å². The molecule has 3 nitrogen and oxygen atoms in total. The summed E-state index contributed by atoms with van der Waals surface area (Å²) in [5, 5.41) is 9.53. The molecule has 21 heavy (non-hydrogen) atoms. The normalized spacial score (nSPS) is 22.7. The maximum atomic E-state index is 11.6. The van der Waals surface area contributed by atoms with Gasteiger partial charge in [0.2, 0.25) is 0 Å². The van der Waals surface area contributed by atoms with E-state index in [1.54, 1.807) is 0 Å². The van der Waals surface area contributed by atoms with Gasteiger partial charge in [0, 0.05) is 13.1 Å². The summed E-state index contributed by atoms with van der Waals surface area (Å²) in [5.41, 5.74) is 1.69. The molecule has 2 aliphatic rings. The third kappa shape index (κ3) is 3.29. The highest BCUT2D eigenvalue weighted by Gasteiger charge is 2.46. The molecule has 1 aliphatic carbocycles. The number of likely N-dealkylation sites (tertiary alicyclic amines) is 1. The van der Waals surface area contributed by atoms with Gasteiger partial charge in [0.25, 0.3) is 0 Å².